The maximum absolute atomic E-state index is 13.2. The molecule has 6 heteroatoms. The molecule has 3 aromatic carbocycles. The number of benzene rings is 3. The van der Waals surface area contributed by atoms with Crippen molar-refractivity contribution in [1.29, 1.82) is 0 Å². The summed E-state index contributed by atoms with van der Waals surface area (Å²) in [7, 11) is 0. The normalized spacial score (nSPS) is 11.9. The average Bonchev–Trinajstić information content (AvgIpc) is 3.14. The van der Waals surface area contributed by atoms with E-state index in [9.17, 15) is 14.7 Å². The van der Waals surface area contributed by atoms with Crippen LogP contribution in [0.4, 0.5) is 0 Å². The molecule has 0 saturated carbocycles. The van der Waals surface area contributed by atoms with Gasteiger partial charge in [-0.05, 0) is 34.7 Å². The lowest BCUT2D eigenvalue weighted by molar-refractivity contribution is 0.0697. The predicted molar refractivity (Wildman–Crippen MR) is 129 cm³/mol. The number of nitrogens with zero attached hydrogens (tertiary/aromatic N) is 3. The number of hydrogen-bond acceptors (Lipinski definition) is 3. The Labute approximate surface area is 192 Å². The van der Waals surface area contributed by atoms with Gasteiger partial charge in [0, 0.05) is 5.92 Å². The fraction of sp³-hybridized carbons (Fsp3) is 0.222. The molecule has 33 heavy (non-hydrogen) atoms. The third-order valence-electron chi connectivity index (χ3n) is 5.94. The van der Waals surface area contributed by atoms with Gasteiger partial charge in [-0.2, -0.15) is 5.10 Å². The summed E-state index contributed by atoms with van der Waals surface area (Å²) < 4.78 is 3.28. The summed E-state index contributed by atoms with van der Waals surface area (Å²) in [5, 5.41) is 14.1. The zero-order valence-electron chi connectivity index (χ0n) is 18.8. The Kier molecular flexibility index (Phi) is 6.54. The highest BCUT2D eigenvalue weighted by Crippen LogP contribution is 2.25. The van der Waals surface area contributed by atoms with E-state index < -0.39 is 5.97 Å². The van der Waals surface area contributed by atoms with Crippen LogP contribution in [0.1, 0.15) is 53.5 Å². The lowest BCUT2D eigenvalue weighted by atomic mass is 9.98. The second kappa shape index (κ2) is 9.69. The lowest BCUT2D eigenvalue weighted by Gasteiger charge is -2.11. The van der Waals surface area contributed by atoms with Crippen molar-refractivity contribution in [3.05, 3.63) is 112 Å². The van der Waals surface area contributed by atoms with Crippen LogP contribution in [0, 0.1) is 0 Å². The van der Waals surface area contributed by atoms with E-state index in [0.717, 1.165) is 28.9 Å². The van der Waals surface area contributed by atoms with Crippen molar-refractivity contribution >= 4 is 5.97 Å². The fourth-order valence-corrected chi connectivity index (χ4v) is 3.91. The minimum absolute atomic E-state index is 0.130. The van der Waals surface area contributed by atoms with E-state index in [2.05, 4.69) is 18.9 Å². The molecule has 0 aliphatic heterocycles. The van der Waals surface area contributed by atoms with Gasteiger partial charge < -0.3 is 5.11 Å². The van der Waals surface area contributed by atoms with E-state index in [0.29, 0.717) is 18.7 Å². The van der Waals surface area contributed by atoms with Gasteiger partial charge in [0.05, 0.1) is 18.7 Å². The summed E-state index contributed by atoms with van der Waals surface area (Å²) in [6.45, 7) is 5.01. The molecule has 1 N–H and O–H groups in total. The topological polar surface area (TPSA) is 77.1 Å². The van der Waals surface area contributed by atoms with Crippen LogP contribution in [0.25, 0.3) is 11.1 Å². The van der Waals surface area contributed by atoms with Crippen LogP contribution in [0.15, 0.2) is 83.7 Å². The highest BCUT2D eigenvalue weighted by Gasteiger charge is 2.18. The number of carboxylic acid groups (broad SMARTS) is 1. The zero-order valence-corrected chi connectivity index (χ0v) is 18.8. The van der Waals surface area contributed by atoms with Crippen LogP contribution < -0.4 is 5.69 Å². The van der Waals surface area contributed by atoms with Gasteiger partial charge in [-0.3, -0.25) is 4.57 Å². The smallest absolute Gasteiger partial charge is 0.346 e. The Morgan fingerprint density at radius 3 is 2.21 bits per heavy atom. The quantitative estimate of drug-likeness (QED) is 0.416. The third-order valence-corrected chi connectivity index (χ3v) is 5.94. The van der Waals surface area contributed by atoms with Gasteiger partial charge in [-0.25, -0.2) is 14.3 Å². The fourth-order valence-electron chi connectivity index (χ4n) is 3.91. The van der Waals surface area contributed by atoms with Gasteiger partial charge in [-0.15, -0.1) is 0 Å². The number of aromatic nitrogens is 3. The first-order valence-electron chi connectivity index (χ1n) is 11.1. The number of hydrogen-bond donors (Lipinski definition) is 1. The van der Waals surface area contributed by atoms with Gasteiger partial charge in [0.1, 0.15) is 5.82 Å². The van der Waals surface area contributed by atoms with E-state index in [1.165, 1.54) is 4.68 Å². The summed E-state index contributed by atoms with van der Waals surface area (Å²) in [5.41, 5.74) is 3.62. The van der Waals surface area contributed by atoms with E-state index in [-0.39, 0.29) is 17.2 Å². The third kappa shape index (κ3) is 4.80. The molecule has 4 aromatic rings. The van der Waals surface area contributed by atoms with Crippen LogP contribution in [0.2, 0.25) is 0 Å². The van der Waals surface area contributed by atoms with Crippen LogP contribution in [0.5, 0.6) is 0 Å². The molecule has 0 bridgehead atoms. The molecule has 1 heterocycles. The molecule has 0 amide bonds. The maximum atomic E-state index is 13.2. The molecule has 0 fully saturated rings. The summed E-state index contributed by atoms with van der Waals surface area (Å²) in [5.74, 6) is -0.0274. The zero-order chi connectivity index (χ0) is 23.4. The number of aromatic carboxylic acids is 1. The van der Waals surface area contributed by atoms with Crippen molar-refractivity contribution < 1.29 is 9.90 Å². The van der Waals surface area contributed by atoms with Crippen molar-refractivity contribution in [3.8, 4) is 11.1 Å². The molecule has 0 aliphatic rings. The van der Waals surface area contributed by atoms with Crippen molar-refractivity contribution in [1.82, 2.24) is 14.3 Å². The Morgan fingerprint density at radius 1 is 0.909 bits per heavy atom. The van der Waals surface area contributed by atoms with Crippen molar-refractivity contribution in [2.45, 2.75) is 39.3 Å². The number of rotatable bonds is 8. The summed E-state index contributed by atoms with van der Waals surface area (Å²) >= 11 is 0. The van der Waals surface area contributed by atoms with Gasteiger partial charge in [0.15, 0.2) is 0 Å². The summed E-state index contributed by atoms with van der Waals surface area (Å²) in [4.78, 5) is 24.8. The molecule has 6 nitrogen and oxygen atoms in total. The number of carbonyl (C=O) groups is 1. The monoisotopic (exact) mass is 441 g/mol. The SMILES string of the molecule is CCC(C)c1nn(Cc2ccccc2)c(=O)n1Cc1ccc(-c2ccccc2C(=O)O)cc1. The highest BCUT2D eigenvalue weighted by atomic mass is 16.4. The van der Waals surface area contributed by atoms with Gasteiger partial charge in [0.2, 0.25) is 0 Å². The number of carboxylic acids is 1. The van der Waals surface area contributed by atoms with Crippen LogP contribution >= 0.6 is 0 Å². The van der Waals surface area contributed by atoms with Crippen molar-refractivity contribution in [2.75, 3.05) is 0 Å². The molecule has 0 aliphatic carbocycles. The van der Waals surface area contributed by atoms with Gasteiger partial charge >= 0.3 is 11.7 Å². The molecule has 1 atom stereocenters. The van der Waals surface area contributed by atoms with Crippen LogP contribution in [0.3, 0.4) is 0 Å². The first kappa shape index (κ1) is 22.3. The molecule has 1 unspecified atom stereocenters. The lowest BCUT2D eigenvalue weighted by Crippen LogP contribution is -2.26. The molecule has 0 spiro atoms. The Balaban J connectivity index is 1.65. The Bertz CT molecular complexity index is 1300. The van der Waals surface area contributed by atoms with E-state index in [1.54, 1.807) is 22.8 Å². The van der Waals surface area contributed by atoms with Crippen molar-refractivity contribution in [3.63, 3.8) is 0 Å². The van der Waals surface area contributed by atoms with Gasteiger partial charge in [0.25, 0.3) is 0 Å². The Morgan fingerprint density at radius 2 is 1.55 bits per heavy atom. The predicted octanol–water partition coefficient (Wildman–Crippen LogP) is 5.02. The molecule has 4 rings (SSSR count). The van der Waals surface area contributed by atoms with Crippen LogP contribution in [-0.2, 0) is 13.1 Å². The first-order valence-corrected chi connectivity index (χ1v) is 11.1. The molecule has 1 aromatic heterocycles. The maximum Gasteiger partial charge on any atom is 0.346 e. The second-order valence-corrected chi connectivity index (χ2v) is 8.23. The molecule has 0 saturated heterocycles. The van der Waals surface area contributed by atoms with Crippen molar-refractivity contribution in [2.24, 2.45) is 0 Å². The minimum Gasteiger partial charge on any atom is -0.478 e. The molecular formula is C27H27N3O3. The van der Waals surface area contributed by atoms with E-state index in [1.807, 2.05) is 60.7 Å². The minimum atomic E-state index is -0.953. The standard InChI is InChI=1S/C27H27N3O3/c1-3-19(2)25-28-30(18-20-9-5-4-6-10-20)27(33)29(25)17-21-13-15-22(16-14-21)23-11-7-8-12-24(23)26(31)32/h4-16,19H,3,17-18H2,1-2H3,(H,31,32). The van der Waals surface area contributed by atoms with Crippen LogP contribution in [-0.4, -0.2) is 25.4 Å². The second-order valence-electron chi connectivity index (χ2n) is 8.23. The average molecular weight is 442 g/mol. The van der Waals surface area contributed by atoms with E-state index >= 15 is 0 Å². The molecule has 0 radical (unpaired) electrons. The largest absolute Gasteiger partial charge is 0.478 e. The Hall–Kier alpha value is -3.93. The summed E-state index contributed by atoms with van der Waals surface area (Å²) in [6, 6.07) is 24.5. The highest BCUT2D eigenvalue weighted by molar-refractivity contribution is 5.95. The first-order chi connectivity index (χ1) is 16.0. The summed E-state index contributed by atoms with van der Waals surface area (Å²) in [6.07, 6.45) is 0.882. The molecular weight excluding hydrogens is 414 g/mol. The van der Waals surface area contributed by atoms with E-state index in [4.69, 9.17) is 0 Å². The van der Waals surface area contributed by atoms with Gasteiger partial charge in [-0.1, -0.05) is 86.6 Å². The molecule has 168 valence electrons.